The molecule has 1 aliphatic rings. The number of anilines is 1. The first-order chi connectivity index (χ1) is 12.1. The van der Waals surface area contributed by atoms with E-state index in [1.807, 2.05) is 35.2 Å². The van der Waals surface area contributed by atoms with E-state index in [0.29, 0.717) is 12.3 Å². The molecule has 7 heteroatoms. The van der Waals surface area contributed by atoms with Gasteiger partial charge in [0, 0.05) is 9.26 Å². The molecule has 1 aromatic heterocycles. The highest BCUT2D eigenvalue weighted by Gasteiger charge is 2.31. The largest absolute Gasteiger partial charge is 0.467 e. The fraction of sp³-hybridized carbons (Fsp3) is 0.333. The molecule has 1 fully saturated rings. The average Bonchev–Trinajstić information content (AvgIpc) is 3.24. The minimum atomic E-state index is -0.267. The van der Waals surface area contributed by atoms with Crippen LogP contribution in [0.15, 0.2) is 47.1 Å². The Hall–Kier alpha value is -1.87. The van der Waals surface area contributed by atoms with Crippen LogP contribution in [0.5, 0.6) is 0 Å². The number of carbonyl (C=O) groups is 2. The van der Waals surface area contributed by atoms with Crippen molar-refractivity contribution >= 4 is 40.1 Å². The number of likely N-dealkylation sites (tertiary alicyclic amines) is 1. The highest BCUT2D eigenvalue weighted by molar-refractivity contribution is 14.1. The molecule has 0 radical (unpaired) electrons. The number of furan rings is 1. The van der Waals surface area contributed by atoms with Gasteiger partial charge in [0.15, 0.2) is 0 Å². The molecule has 0 unspecified atom stereocenters. The lowest BCUT2D eigenvalue weighted by Crippen LogP contribution is -2.45. The average molecular weight is 453 g/mol. The van der Waals surface area contributed by atoms with Crippen molar-refractivity contribution in [1.29, 1.82) is 0 Å². The highest BCUT2D eigenvalue weighted by Crippen LogP contribution is 2.18. The van der Waals surface area contributed by atoms with E-state index in [4.69, 9.17) is 4.42 Å². The van der Waals surface area contributed by atoms with E-state index in [0.717, 1.165) is 28.6 Å². The minimum absolute atomic E-state index is 0.0593. The van der Waals surface area contributed by atoms with Gasteiger partial charge in [0.05, 0.1) is 25.4 Å². The van der Waals surface area contributed by atoms with E-state index in [1.165, 1.54) is 0 Å². The molecule has 2 N–H and O–H groups in total. The molecule has 2 heterocycles. The second kappa shape index (κ2) is 8.48. The zero-order chi connectivity index (χ0) is 17.6. The maximum atomic E-state index is 12.4. The molecule has 0 saturated carbocycles. The van der Waals surface area contributed by atoms with E-state index >= 15 is 0 Å². The fourth-order valence-corrected chi connectivity index (χ4v) is 3.51. The zero-order valence-corrected chi connectivity index (χ0v) is 15.9. The van der Waals surface area contributed by atoms with Crippen LogP contribution in [0.25, 0.3) is 0 Å². The first-order valence-electron chi connectivity index (χ1n) is 8.21. The topological polar surface area (TPSA) is 74.6 Å². The summed E-state index contributed by atoms with van der Waals surface area (Å²) < 4.78 is 6.28. The van der Waals surface area contributed by atoms with E-state index in [1.54, 1.807) is 12.3 Å². The first kappa shape index (κ1) is 17.9. The number of halogens is 1. The molecular weight excluding hydrogens is 433 g/mol. The Morgan fingerprint density at radius 2 is 2.16 bits per heavy atom. The van der Waals surface area contributed by atoms with Gasteiger partial charge in [-0.2, -0.15) is 0 Å². The van der Waals surface area contributed by atoms with Crippen LogP contribution in [0.1, 0.15) is 18.6 Å². The van der Waals surface area contributed by atoms with Gasteiger partial charge in [0.2, 0.25) is 11.8 Å². The predicted octanol–water partition coefficient (Wildman–Crippen LogP) is 2.60. The molecule has 0 aliphatic carbocycles. The molecule has 0 spiro atoms. The lowest BCUT2D eigenvalue weighted by atomic mass is 10.2. The fourth-order valence-electron chi connectivity index (χ4n) is 2.97. The minimum Gasteiger partial charge on any atom is -0.467 e. The third-order valence-electron chi connectivity index (χ3n) is 4.14. The molecule has 2 amide bonds. The standard InChI is InChI=1S/C18H20IN3O3/c19-13-4-1-5-14(10-13)21-17(23)12-22-8-2-7-16(22)18(24)20-11-15-6-3-9-25-15/h1,3-6,9-10,16H,2,7-8,11-12H2,(H,20,24)(H,21,23)/t16-/m0/s1. The van der Waals surface area contributed by atoms with Crippen LogP contribution in [-0.4, -0.2) is 35.8 Å². The third-order valence-corrected chi connectivity index (χ3v) is 4.81. The van der Waals surface area contributed by atoms with E-state index in [9.17, 15) is 9.59 Å². The highest BCUT2D eigenvalue weighted by atomic mass is 127. The molecule has 6 nitrogen and oxygen atoms in total. The van der Waals surface area contributed by atoms with Crippen molar-refractivity contribution < 1.29 is 14.0 Å². The number of nitrogens with zero attached hydrogens (tertiary/aromatic N) is 1. The van der Waals surface area contributed by atoms with Gasteiger partial charge in [-0.05, 0) is 72.3 Å². The Kier molecular flexibility index (Phi) is 6.09. The van der Waals surface area contributed by atoms with Crippen molar-refractivity contribution in [3.05, 3.63) is 52.0 Å². The van der Waals surface area contributed by atoms with Crippen molar-refractivity contribution in [2.45, 2.75) is 25.4 Å². The molecule has 0 bridgehead atoms. The van der Waals surface area contributed by atoms with E-state index in [-0.39, 0.29) is 24.4 Å². The number of nitrogens with one attached hydrogen (secondary N) is 2. The van der Waals surface area contributed by atoms with Gasteiger partial charge in [0.1, 0.15) is 5.76 Å². The van der Waals surface area contributed by atoms with Crippen LogP contribution in [-0.2, 0) is 16.1 Å². The number of carbonyl (C=O) groups excluding carboxylic acids is 2. The molecule has 1 aromatic carbocycles. The SMILES string of the molecule is O=C(CN1CCC[C@H]1C(=O)NCc1ccco1)Nc1cccc(I)c1. The molecule has 2 aromatic rings. The summed E-state index contributed by atoms with van der Waals surface area (Å²) in [4.78, 5) is 26.6. The maximum Gasteiger partial charge on any atom is 0.238 e. The van der Waals surface area contributed by atoms with E-state index < -0.39 is 0 Å². The van der Waals surface area contributed by atoms with Gasteiger partial charge in [0.25, 0.3) is 0 Å². The molecule has 132 valence electrons. The Balaban J connectivity index is 1.52. The summed E-state index contributed by atoms with van der Waals surface area (Å²) in [6.45, 7) is 1.33. The van der Waals surface area contributed by atoms with Gasteiger partial charge in [-0.1, -0.05) is 6.07 Å². The lowest BCUT2D eigenvalue weighted by Gasteiger charge is -2.23. The summed E-state index contributed by atoms with van der Waals surface area (Å²) in [6.07, 6.45) is 3.26. The van der Waals surface area contributed by atoms with Crippen LogP contribution in [0.2, 0.25) is 0 Å². The summed E-state index contributed by atoms with van der Waals surface area (Å²) in [5, 5.41) is 5.77. The van der Waals surface area contributed by atoms with Crippen LogP contribution in [0.3, 0.4) is 0 Å². The smallest absolute Gasteiger partial charge is 0.238 e. The van der Waals surface area contributed by atoms with Gasteiger partial charge in [-0.3, -0.25) is 14.5 Å². The molecule has 1 aliphatic heterocycles. The van der Waals surface area contributed by atoms with Gasteiger partial charge in [-0.25, -0.2) is 0 Å². The normalized spacial score (nSPS) is 17.4. The van der Waals surface area contributed by atoms with Crippen LogP contribution in [0, 0.1) is 3.57 Å². The van der Waals surface area contributed by atoms with E-state index in [2.05, 4.69) is 33.2 Å². The second-order valence-corrected chi connectivity index (χ2v) is 7.23. The van der Waals surface area contributed by atoms with Crippen molar-refractivity contribution in [3.8, 4) is 0 Å². The first-order valence-corrected chi connectivity index (χ1v) is 9.29. The van der Waals surface area contributed by atoms with Crippen molar-refractivity contribution in [1.82, 2.24) is 10.2 Å². The van der Waals surface area contributed by atoms with Gasteiger partial charge >= 0.3 is 0 Å². The van der Waals surface area contributed by atoms with Crippen LogP contribution < -0.4 is 10.6 Å². The maximum absolute atomic E-state index is 12.4. The summed E-state index contributed by atoms with van der Waals surface area (Å²) in [6, 6.07) is 11.0. The second-order valence-electron chi connectivity index (χ2n) is 5.98. The van der Waals surface area contributed by atoms with Gasteiger partial charge < -0.3 is 15.1 Å². The number of hydrogen-bond donors (Lipinski definition) is 2. The predicted molar refractivity (Wildman–Crippen MR) is 103 cm³/mol. The Morgan fingerprint density at radius 1 is 1.28 bits per heavy atom. The van der Waals surface area contributed by atoms with Crippen molar-refractivity contribution in [3.63, 3.8) is 0 Å². The summed E-state index contributed by atoms with van der Waals surface area (Å²) in [7, 11) is 0. The Bertz CT molecular complexity index is 733. The number of amides is 2. The number of benzene rings is 1. The summed E-state index contributed by atoms with van der Waals surface area (Å²) >= 11 is 2.21. The monoisotopic (exact) mass is 453 g/mol. The van der Waals surface area contributed by atoms with Crippen molar-refractivity contribution in [2.24, 2.45) is 0 Å². The van der Waals surface area contributed by atoms with Crippen LogP contribution >= 0.6 is 22.6 Å². The molecule has 1 atom stereocenters. The molecule has 3 rings (SSSR count). The lowest BCUT2D eigenvalue weighted by molar-refractivity contribution is -0.126. The molecule has 25 heavy (non-hydrogen) atoms. The van der Waals surface area contributed by atoms with Crippen LogP contribution in [0.4, 0.5) is 5.69 Å². The number of rotatable bonds is 6. The number of hydrogen-bond acceptors (Lipinski definition) is 4. The molecule has 1 saturated heterocycles. The van der Waals surface area contributed by atoms with Crippen molar-refractivity contribution in [2.75, 3.05) is 18.4 Å². The van der Waals surface area contributed by atoms with Gasteiger partial charge in [-0.15, -0.1) is 0 Å². The quantitative estimate of drug-likeness (QED) is 0.660. The third kappa shape index (κ3) is 5.05. The molecular formula is C18H20IN3O3. The zero-order valence-electron chi connectivity index (χ0n) is 13.7. The summed E-state index contributed by atoms with van der Waals surface area (Å²) in [5.74, 6) is 0.554. The summed E-state index contributed by atoms with van der Waals surface area (Å²) in [5.41, 5.74) is 0.773. The Morgan fingerprint density at radius 3 is 2.92 bits per heavy atom. The Labute approximate surface area is 160 Å².